The topological polar surface area (TPSA) is 44.8 Å². The molecule has 0 amide bonds. The van der Waals surface area contributed by atoms with Crippen LogP contribution in [0, 0.1) is 0 Å². The fraction of sp³-hybridized carbons (Fsp3) is 0.435. The lowest BCUT2D eigenvalue weighted by Gasteiger charge is -2.14. The van der Waals surface area contributed by atoms with Crippen LogP contribution < -0.4 is 9.47 Å². The zero-order valence-corrected chi connectivity index (χ0v) is 17.0. The van der Waals surface area contributed by atoms with Gasteiger partial charge in [-0.05, 0) is 70.7 Å². The summed E-state index contributed by atoms with van der Waals surface area (Å²) in [5.74, 6) is 1.14. The Bertz CT molecular complexity index is 752. The molecular weight excluding hydrogens is 340 g/mol. The van der Waals surface area contributed by atoms with Crippen LogP contribution in [-0.2, 0) is 9.53 Å². The molecule has 0 aromatic heterocycles. The first kappa shape index (κ1) is 20.8. The number of esters is 1. The van der Waals surface area contributed by atoms with Gasteiger partial charge in [0.05, 0.1) is 14.2 Å². The van der Waals surface area contributed by atoms with Crippen molar-refractivity contribution < 1.29 is 19.0 Å². The molecule has 1 aromatic carbocycles. The summed E-state index contributed by atoms with van der Waals surface area (Å²) < 4.78 is 16.2. The van der Waals surface area contributed by atoms with Gasteiger partial charge in [0.15, 0.2) is 0 Å². The minimum absolute atomic E-state index is 0.250. The fourth-order valence-corrected chi connectivity index (χ4v) is 3.04. The number of benzene rings is 1. The van der Waals surface area contributed by atoms with Gasteiger partial charge in [0.25, 0.3) is 0 Å². The van der Waals surface area contributed by atoms with Gasteiger partial charge in [0.1, 0.15) is 17.6 Å². The maximum absolute atomic E-state index is 12.2. The Hall–Kier alpha value is -2.49. The van der Waals surface area contributed by atoms with Gasteiger partial charge in [0, 0.05) is 11.1 Å². The molecule has 0 saturated carbocycles. The molecule has 1 heterocycles. The van der Waals surface area contributed by atoms with E-state index in [-0.39, 0.29) is 5.97 Å². The highest BCUT2D eigenvalue weighted by Crippen LogP contribution is 2.37. The van der Waals surface area contributed by atoms with Crippen molar-refractivity contribution in [2.24, 2.45) is 0 Å². The minimum Gasteiger partial charge on any atom is -0.497 e. The van der Waals surface area contributed by atoms with E-state index in [1.165, 1.54) is 11.1 Å². The second-order valence-corrected chi connectivity index (χ2v) is 7.03. The van der Waals surface area contributed by atoms with Crippen LogP contribution in [0.4, 0.5) is 0 Å². The lowest BCUT2D eigenvalue weighted by atomic mass is 10.0. The number of carbonyl (C=O) groups excluding carboxylic acids is 1. The van der Waals surface area contributed by atoms with E-state index >= 15 is 0 Å². The molecule has 1 aliphatic rings. The van der Waals surface area contributed by atoms with Crippen LogP contribution in [0.2, 0.25) is 0 Å². The predicted molar refractivity (Wildman–Crippen MR) is 108 cm³/mol. The lowest BCUT2D eigenvalue weighted by Crippen LogP contribution is -2.04. The number of allylic oxidation sites excluding steroid dienone is 4. The van der Waals surface area contributed by atoms with Crippen LogP contribution in [0.1, 0.15) is 58.1 Å². The van der Waals surface area contributed by atoms with Crippen molar-refractivity contribution in [1.29, 1.82) is 0 Å². The third-order valence-corrected chi connectivity index (χ3v) is 4.59. The standard InChI is InChI=1S/C23H30O4/c1-16(2)8-6-9-17(3)10-7-11-18-14-22(27-23(18)24)20-15-19(25-4)12-13-21(20)26-5/h8,10,12-15,22H,6-7,9,11H2,1-5H3/b17-10+/t22-/m1/s1. The number of ether oxygens (including phenoxy) is 3. The van der Waals surface area contributed by atoms with Crippen LogP contribution >= 0.6 is 0 Å². The lowest BCUT2D eigenvalue weighted by molar-refractivity contribution is -0.140. The molecule has 27 heavy (non-hydrogen) atoms. The third-order valence-electron chi connectivity index (χ3n) is 4.59. The normalized spacial score (nSPS) is 16.6. The molecule has 1 atom stereocenters. The second-order valence-electron chi connectivity index (χ2n) is 7.03. The van der Waals surface area contributed by atoms with E-state index < -0.39 is 6.10 Å². The zero-order valence-electron chi connectivity index (χ0n) is 17.0. The Morgan fingerprint density at radius 1 is 1.11 bits per heavy atom. The minimum atomic E-state index is -0.430. The number of methoxy groups -OCH3 is 2. The maximum atomic E-state index is 12.2. The molecule has 4 heteroatoms. The Balaban J connectivity index is 2.01. The molecule has 0 aliphatic carbocycles. The SMILES string of the molecule is COc1ccc(OC)c([C@H]2C=C(CC/C=C(\C)CCC=C(C)C)C(=O)O2)c1. The Kier molecular flexibility index (Phi) is 7.71. The van der Waals surface area contributed by atoms with Gasteiger partial charge in [-0.3, -0.25) is 0 Å². The van der Waals surface area contributed by atoms with Crippen molar-refractivity contribution in [2.75, 3.05) is 14.2 Å². The van der Waals surface area contributed by atoms with Crippen LogP contribution in [0.5, 0.6) is 11.5 Å². The number of carbonyl (C=O) groups is 1. The highest BCUT2D eigenvalue weighted by molar-refractivity contribution is 5.91. The van der Waals surface area contributed by atoms with Crippen LogP contribution in [-0.4, -0.2) is 20.2 Å². The van der Waals surface area contributed by atoms with Crippen LogP contribution in [0.3, 0.4) is 0 Å². The molecule has 4 nitrogen and oxygen atoms in total. The molecule has 0 radical (unpaired) electrons. The number of hydrogen-bond acceptors (Lipinski definition) is 4. The van der Waals surface area contributed by atoms with Gasteiger partial charge in [-0.15, -0.1) is 0 Å². The number of cyclic esters (lactones) is 1. The van der Waals surface area contributed by atoms with E-state index in [0.717, 1.165) is 30.4 Å². The van der Waals surface area contributed by atoms with E-state index in [1.54, 1.807) is 14.2 Å². The smallest absolute Gasteiger partial charge is 0.334 e. The van der Waals surface area contributed by atoms with Crippen LogP contribution in [0.15, 0.2) is 53.1 Å². The molecule has 1 aromatic rings. The summed E-state index contributed by atoms with van der Waals surface area (Å²) in [6.45, 7) is 6.38. The van der Waals surface area contributed by atoms with Gasteiger partial charge in [-0.1, -0.05) is 23.3 Å². The highest BCUT2D eigenvalue weighted by atomic mass is 16.5. The van der Waals surface area contributed by atoms with Crippen molar-refractivity contribution in [3.8, 4) is 11.5 Å². The molecule has 0 unspecified atom stereocenters. The largest absolute Gasteiger partial charge is 0.497 e. The van der Waals surface area contributed by atoms with Gasteiger partial charge in [-0.2, -0.15) is 0 Å². The average Bonchev–Trinajstić information content (AvgIpc) is 3.01. The first-order valence-electron chi connectivity index (χ1n) is 9.37. The molecule has 0 spiro atoms. The van der Waals surface area contributed by atoms with Gasteiger partial charge >= 0.3 is 5.97 Å². The zero-order chi connectivity index (χ0) is 19.8. The van der Waals surface area contributed by atoms with E-state index in [9.17, 15) is 4.79 Å². The van der Waals surface area contributed by atoms with Crippen LogP contribution in [0.25, 0.3) is 0 Å². The van der Waals surface area contributed by atoms with Crippen molar-refractivity contribution in [2.45, 2.75) is 52.6 Å². The maximum Gasteiger partial charge on any atom is 0.334 e. The average molecular weight is 370 g/mol. The summed E-state index contributed by atoms with van der Waals surface area (Å²) in [6, 6.07) is 5.50. The molecule has 146 valence electrons. The monoisotopic (exact) mass is 370 g/mol. The first-order chi connectivity index (χ1) is 12.9. The fourth-order valence-electron chi connectivity index (χ4n) is 3.04. The quantitative estimate of drug-likeness (QED) is 0.413. The Morgan fingerprint density at radius 2 is 1.89 bits per heavy atom. The predicted octanol–water partition coefficient (Wildman–Crippen LogP) is 5.70. The van der Waals surface area contributed by atoms with E-state index in [1.807, 2.05) is 24.3 Å². The van der Waals surface area contributed by atoms with Gasteiger partial charge < -0.3 is 14.2 Å². The molecule has 1 aliphatic heterocycles. The summed E-state index contributed by atoms with van der Waals surface area (Å²) in [5.41, 5.74) is 4.22. The summed E-state index contributed by atoms with van der Waals surface area (Å²) in [4.78, 5) is 12.2. The number of rotatable bonds is 9. The van der Waals surface area contributed by atoms with E-state index in [2.05, 4.69) is 32.9 Å². The highest BCUT2D eigenvalue weighted by Gasteiger charge is 2.28. The molecule has 0 bridgehead atoms. The first-order valence-corrected chi connectivity index (χ1v) is 9.37. The summed E-state index contributed by atoms with van der Waals surface area (Å²) in [5, 5.41) is 0. The summed E-state index contributed by atoms with van der Waals surface area (Å²) in [7, 11) is 3.22. The molecule has 2 rings (SSSR count). The van der Waals surface area contributed by atoms with E-state index in [0.29, 0.717) is 17.9 Å². The number of hydrogen-bond donors (Lipinski definition) is 0. The van der Waals surface area contributed by atoms with Crippen molar-refractivity contribution in [3.63, 3.8) is 0 Å². The Labute approximate surface area is 162 Å². The van der Waals surface area contributed by atoms with Crippen molar-refractivity contribution in [1.82, 2.24) is 0 Å². The summed E-state index contributed by atoms with van der Waals surface area (Å²) >= 11 is 0. The second kappa shape index (κ2) is 10.0. The van der Waals surface area contributed by atoms with Crippen molar-refractivity contribution >= 4 is 5.97 Å². The molecule has 0 fully saturated rings. The van der Waals surface area contributed by atoms with Crippen molar-refractivity contribution in [3.05, 3.63) is 58.7 Å². The third kappa shape index (κ3) is 6.02. The molecule has 0 saturated heterocycles. The Morgan fingerprint density at radius 3 is 2.56 bits per heavy atom. The molecule has 0 N–H and O–H groups in total. The van der Waals surface area contributed by atoms with Gasteiger partial charge in [-0.25, -0.2) is 4.79 Å². The van der Waals surface area contributed by atoms with E-state index in [4.69, 9.17) is 14.2 Å². The van der Waals surface area contributed by atoms with Gasteiger partial charge in [0.2, 0.25) is 0 Å². The summed E-state index contributed by atoms with van der Waals surface area (Å²) in [6.07, 6.45) is 9.57. The molecular formula is C23H30O4.